The zero-order valence-corrected chi connectivity index (χ0v) is 10.1. The average molecular weight is 189 g/mol. The van der Waals surface area contributed by atoms with Gasteiger partial charge >= 0.3 is 29.6 Å². The maximum absolute atomic E-state index is 10.3. The normalized spacial score (nSPS) is 16.7. The van der Waals surface area contributed by atoms with Crippen LogP contribution in [0.1, 0.15) is 13.8 Å². The first-order valence-electron chi connectivity index (χ1n) is 3.01. The molecule has 0 saturated heterocycles. The minimum Gasteiger partial charge on any atom is -0.748 e. The maximum atomic E-state index is 10.3. The van der Waals surface area contributed by atoms with Crippen LogP contribution < -0.4 is 34.9 Å². The Labute approximate surface area is 89.8 Å². The van der Waals surface area contributed by atoms with Gasteiger partial charge in [-0.25, -0.2) is 8.42 Å². The second kappa shape index (κ2) is 5.50. The van der Waals surface area contributed by atoms with Crippen LogP contribution >= 0.6 is 0 Å². The van der Waals surface area contributed by atoms with Crippen LogP contribution in [-0.4, -0.2) is 31.3 Å². The van der Waals surface area contributed by atoms with Crippen molar-refractivity contribution in [3.63, 3.8) is 0 Å². The molecule has 1 N–H and O–H groups in total. The molecule has 0 saturated carbocycles. The number of hydrogen-bond donors (Lipinski definition) is 1. The summed E-state index contributed by atoms with van der Waals surface area (Å²) < 4.78 is 31.0. The van der Waals surface area contributed by atoms with Gasteiger partial charge < -0.3 is 9.87 Å². The molecule has 0 aromatic rings. The van der Waals surface area contributed by atoms with Crippen molar-refractivity contribution in [2.75, 3.05) is 7.05 Å². The molecule has 0 aliphatic rings. The van der Waals surface area contributed by atoms with Crippen molar-refractivity contribution in [3.05, 3.63) is 0 Å². The second-order valence-electron chi connectivity index (χ2n) is 2.28. The third kappa shape index (κ3) is 5.16. The predicted molar refractivity (Wildman–Crippen MR) is 37.7 cm³/mol. The third-order valence-corrected chi connectivity index (χ3v) is 2.93. The fourth-order valence-corrected chi connectivity index (χ4v) is 1.12. The van der Waals surface area contributed by atoms with E-state index in [9.17, 15) is 13.0 Å². The molecule has 2 atom stereocenters. The summed E-state index contributed by atoms with van der Waals surface area (Å²) in [6.07, 6.45) is 0. The molecule has 0 aromatic carbocycles. The van der Waals surface area contributed by atoms with Crippen molar-refractivity contribution in [2.24, 2.45) is 0 Å². The van der Waals surface area contributed by atoms with Gasteiger partial charge in [-0.05, 0) is 20.9 Å². The molecule has 0 aliphatic heterocycles. The minimum absolute atomic E-state index is 0. The first kappa shape index (κ1) is 14.4. The minimum atomic E-state index is -4.13. The van der Waals surface area contributed by atoms with Crippen LogP contribution in [0.5, 0.6) is 0 Å². The smallest absolute Gasteiger partial charge is 0.748 e. The molecule has 2 unspecified atom stereocenters. The van der Waals surface area contributed by atoms with Gasteiger partial charge in [0.25, 0.3) is 0 Å². The molecule has 0 heterocycles. The molecule has 4 nitrogen and oxygen atoms in total. The Kier molecular flexibility index (Phi) is 7.20. The molecule has 0 spiro atoms. The van der Waals surface area contributed by atoms with Crippen LogP contribution in [-0.2, 0) is 10.1 Å². The van der Waals surface area contributed by atoms with Gasteiger partial charge in [-0.3, -0.25) is 0 Å². The standard InChI is InChI=1S/C5H13NO3S.Na/c1-4(6-3)5(2)10(7,8)9;/h4-6H,1-3H3,(H,7,8,9);/q;+1/p-1. The summed E-state index contributed by atoms with van der Waals surface area (Å²) in [5, 5.41) is 1.83. The van der Waals surface area contributed by atoms with E-state index in [1.165, 1.54) is 6.92 Å². The molecule has 11 heavy (non-hydrogen) atoms. The maximum Gasteiger partial charge on any atom is 1.00 e. The van der Waals surface area contributed by atoms with Crippen molar-refractivity contribution in [3.8, 4) is 0 Å². The van der Waals surface area contributed by atoms with Crippen LogP contribution in [0, 0.1) is 0 Å². The van der Waals surface area contributed by atoms with Gasteiger partial charge in [-0.2, -0.15) is 0 Å². The Bertz CT molecular complexity index is 192. The van der Waals surface area contributed by atoms with E-state index >= 15 is 0 Å². The summed E-state index contributed by atoms with van der Waals surface area (Å²) in [6, 6.07) is -0.289. The zero-order chi connectivity index (χ0) is 8.36. The van der Waals surface area contributed by atoms with Gasteiger partial charge in [0, 0.05) is 6.04 Å². The Morgan fingerprint density at radius 2 is 1.73 bits per heavy atom. The van der Waals surface area contributed by atoms with Gasteiger partial charge in [0.1, 0.15) is 0 Å². The molecule has 0 bridgehead atoms. The van der Waals surface area contributed by atoms with E-state index < -0.39 is 15.4 Å². The van der Waals surface area contributed by atoms with Crippen LogP contribution in [0.3, 0.4) is 0 Å². The largest absolute Gasteiger partial charge is 1.00 e. The molecular formula is C5H12NNaO3S. The summed E-state index contributed by atoms with van der Waals surface area (Å²) >= 11 is 0. The molecule has 0 radical (unpaired) electrons. The number of rotatable bonds is 3. The molecular weight excluding hydrogens is 177 g/mol. The van der Waals surface area contributed by atoms with Crippen molar-refractivity contribution < 1.29 is 42.5 Å². The van der Waals surface area contributed by atoms with Gasteiger partial charge in [0.15, 0.2) is 0 Å². The fraction of sp³-hybridized carbons (Fsp3) is 1.00. The quantitative estimate of drug-likeness (QED) is 0.370. The summed E-state index contributed by atoms with van der Waals surface area (Å²) in [7, 11) is -2.51. The van der Waals surface area contributed by atoms with E-state index in [1.54, 1.807) is 14.0 Å². The zero-order valence-electron chi connectivity index (χ0n) is 7.29. The van der Waals surface area contributed by atoms with E-state index in [0.717, 1.165) is 0 Å². The predicted octanol–water partition coefficient (Wildman–Crippen LogP) is -3.47. The average Bonchev–Trinajstić information content (AvgIpc) is 1.83. The van der Waals surface area contributed by atoms with Crippen molar-refractivity contribution in [2.45, 2.75) is 25.1 Å². The van der Waals surface area contributed by atoms with Crippen molar-refractivity contribution >= 4 is 10.1 Å². The Morgan fingerprint density at radius 1 is 1.36 bits per heavy atom. The SMILES string of the molecule is CNC(C)C(C)S(=O)(=O)[O-].[Na+]. The summed E-state index contributed by atoms with van der Waals surface area (Å²) in [5.74, 6) is 0. The molecule has 0 aliphatic carbocycles. The Balaban J connectivity index is 0. The summed E-state index contributed by atoms with van der Waals surface area (Å²) in [6.45, 7) is 3.05. The van der Waals surface area contributed by atoms with E-state index in [0.29, 0.717) is 0 Å². The molecule has 0 amide bonds. The Hall–Kier alpha value is 0.870. The van der Waals surface area contributed by atoms with Gasteiger partial charge in [0.2, 0.25) is 0 Å². The fourth-order valence-electron chi connectivity index (χ4n) is 0.485. The van der Waals surface area contributed by atoms with Gasteiger partial charge in [-0.15, -0.1) is 0 Å². The van der Waals surface area contributed by atoms with E-state index in [2.05, 4.69) is 5.32 Å². The summed E-state index contributed by atoms with van der Waals surface area (Å²) in [5.41, 5.74) is 0. The van der Waals surface area contributed by atoms with E-state index in [4.69, 9.17) is 0 Å². The Morgan fingerprint density at radius 3 is 1.82 bits per heavy atom. The molecule has 6 heteroatoms. The first-order chi connectivity index (χ1) is 4.39. The summed E-state index contributed by atoms with van der Waals surface area (Å²) in [4.78, 5) is 0. The van der Waals surface area contributed by atoms with Crippen molar-refractivity contribution in [1.29, 1.82) is 0 Å². The van der Waals surface area contributed by atoms with Crippen molar-refractivity contribution in [1.82, 2.24) is 5.32 Å². The molecule has 0 aromatic heterocycles. The number of hydrogen-bond acceptors (Lipinski definition) is 4. The molecule has 0 rings (SSSR count). The van der Waals surface area contributed by atoms with Crippen LogP contribution in [0.4, 0.5) is 0 Å². The van der Waals surface area contributed by atoms with E-state index in [-0.39, 0.29) is 35.6 Å². The second-order valence-corrected chi connectivity index (χ2v) is 4.00. The molecule has 62 valence electrons. The van der Waals surface area contributed by atoms with E-state index in [1.807, 2.05) is 0 Å². The van der Waals surface area contributed by atoms with Crippen LogP contribution in [0.15, 0.2) is 0 Å². The van der Waals surface area contributed by atoms with Crippen LogP contribution in [0.2, 0.25) is 0 Å². The number of nitrogens with one attached hydrogen (secondary N) is 1. The van der Waals surface area contributed by atoms with Crippen LogP contribution in [0.25, 0.3) is 0 Å². The first-order valence-corrected chi connectivity index (χ1v) is 4.48. The molecule has 0 fully saturated rings. The van der Waals surface area contributed by atoms with Gasteiger partial charge in [-0.1, -0.05) is 0 Å². The van der Waals surface area contributed by atoms with Gasteiger partial charge in [0.05, 0.1) is 15.4 Å². The monoisotopic (exact) mass is 189 g/mol. The topological polar surface area (TPSA) is 69.2 Å². The third-order valence-electron chi connectivity index (χ3n) is 1.61.